The summed E-state index contributed by atoms with van der Waals surface area (Å²) in [5, 5.41) is 19.2. The first-order valence-electron chi connectivity index (χ1n) is 21.7. The maximum atomic E-state index is 14.2. The second-order valence-corrected chi connectivity index (χ2v) is 15.8. The van der Waals surface area contributed by atoms with Crippen molar-refractivity contribution >= 4 is 64.1 Å². The maximum Gasteiger partial charge on any atom is 0.243 e. The first kappa shape index (κ1) is 52.3. The Balaban J connectivity index is 1.79. The SMILES string of the molecule is CCCC[C@H](NC(C)=O)C(=O)N[C@@H](C)C(=O)N[C@@H](CCN)C(=O)N[C@H](Cc1ccccc1)C(=O)N[C@@H](CCCN=C(N)N)C(=O)N[C@@H](C)C(=O)N[C@@H](Cc1c[nH]c2ccccc12)C(N)=O. The molecule has 7 atom stereocenters. The molecule has 1 aromatic heterocycles. The van der Waals surface area contributed by atoms with Crippen LogP contribution in [0.4, 0.5) is 0 Å². The normalized spacial score (nSPS) is 14.2. The van der Waals surface area contributed by atoms with Crippen LogP contribution in [-0.2, 0) is 51.2 Å². The number of carbonyl (C=O) groups excluding carboxylic acids is 8. The number of rotatable bonds is 27. The first-order chi connectivity index (χ1) is 30.9. The lowest BCUT2D eigenvalue weighted by molar-refractivity contribution is -0.135. The Morgan fingerprint density at radius 2 is 1.11 bits per heavy atom. The van der Waals surface area contributed by atoms with Crippen LogP contribution in [0.2, 0.25) is 0 Å². The van der Waals surface area contributed by atoms with Crippen molar-refractivity contribution in [2.45, 2.75) is 121 Å². The molecule has 0 unspecified atom stereocenters. The highest BCUT2D eigenvalue weighted by atomic mass is 16.2. The molecule has 65 heavy (non-hydrogen) atoms. The highest BCUT2D eigenvalue weighted by molar-refractivity contribution is 5.97. The quantitative estimate of drug-likeness (QED) is 0.0237. The number of para-hydroxylation sites is 1. The van der Waals surface area contributed by atoms with Crippen molar-refractivity contribution in [1.29, 1.82) is 0 Å². The van der Waals surface area contributed by atoms with E-state index in [1.54, 1.807) is 36.5 Å². The number of guanidine groups is 1. The molecule has 0 saturated carbocycles. The Kier molecular flexibility index (Phi) is 21.4. The van der Waals surface area contributed by atoms with Gasteiger partial charge in [0.1, 0.15) is 42.3 Å². The second kappa shape index (κ2) is 26.6. The van der Waals surface area contributed by atoms with Gasteiger partial charge in [-0.05, 0) is 63.3 Å². The predicted molar refractivity (Wildman–Crippen MR) is 245 cm³/mol. The fraction of sp³-hybridized carbons (Fsp3) is 0.477. The molecule has 3 aromatic rings. The van der Waals surface area contributed by atoms with Gasteiger partial charge in [0, 0.05) is 43.4 Å². The number of benzene rings is 2. The van der Waals surface area contributed by atoms with Crippen LogP contribution in [-0.4, -0.2) is 114 Å². The Labute approximate surface area is 378 Å². The molecule has 0 bridgehead atoms. The fourth-order valence-electron chi connectivity index (χ4n) is 6.83. The van der Waals surface area contributed by atoms with E-state index < -0.39 is 89.6 Å². The molecule has 21 nitrogen and oxygen atoms in total. The summed E-state index contributed by atoms with van der Waals surface area (Å²) in [4.78, 5) is 113. The van der Waals surface area contributed by atoms with Crippen LogP contribution in [0, 0.1) is 0 Å². The molecule has 354 valence electrons. The van der Waals surface area contributed by atoms with Crippen LogP contribution in [0.25, 0.3) is 10.9 Å². The molecule has 1 heterocycles. The standard InChI is InChI=1S/C44H65N13O8/c1-5-6-16-32(53-27(4)58)40(62)51-25(2)38(60)54-34(19-20-45)42(64)57-36(22-28-13-8-7-9-14-28)43(65)55-33(18-12-21-49-44(47)48)41(63)52-26(3)39(61)56-35(37(46)59)23-29-24-50-31-17-11-10-15-30(29)31/h7-11,13-15,17,24-26,32-36,50H,5-6,12,16,18-23,45H2,1-4H3,(H2,46,59)(H,51,62)(H,52,63)(H,53,58)(H,54,60)(H,55,65)(H,56,61)(H,57,64)(H4,47,48,49)/t25-,26-,32-,33-,34-,35-,36+/m0/s1. The van der Waals surface area contributed by atoms with E-state index in [0.717, 1.165) is 22.9 Å². The molecule has 16 N–H and O–H groups in total. The zero-order valence-electron chi connectivity index (χ0n) is 37.4. The van der Waals surface area contributed by atoms with E-state index in [1.807, 2.05) is 31.2 Å². The van der Waals surface area contributed by atoms with Crippen LogP contribution >= 0.6 is 0 Å². The molecule has 0 saturated heterocycles. The summed E-state index contributed by atoms with van der Waals surface area (Å²) in [5.41, 5.74) is 24.7. The molecule has 0 aliphatic heterocycles. The van der Waals surface area contributed by atoms with E-state index in [1.165, 1.54) is 20.8 Å². The number of hydrogen-bond donors (Lipinski definition) is 12. The smallest absolute Gasteiger partial charge is 0.243 e. The molecular weight excluding hydrogens is 839 g/mol. The summed E-state index contributed by atoms with van der Waals surface area (Å²) >= 11 is 0. The van der Waals surface area contributed by atoms with Crippen molar-refractivity contribution in [3.8, 4) is 0 Å². The lowest BCUT2D eigenvalue weighted by Crippen LogP contribution is -2.60. The van der Waals surface area contributed by atoms with Crippen molar-refractivity contribution in [3.05, 3.63) is 71.9 Å². The van der Waals surface area contributed by atoms with Crippen LogP contribution in [0.3, 0.4) is 0 Å². The third kappa shape index (κ3) is 17.6. The minimum Gasteiger partial charge on any atom is -0.370 e. The van der Waals surface area contributed by atoms with Gasteiger partial charge in [0.15, 0.2) is 5.96 Å². The first-order valence-corrected chi connectivity index (χ1v) is 21.7. The lowest BCUT2D eigenvalue weighted by atomic mass is 10.0. The minimum absolute atomic E-state index is 0.00409. The number of primary amides is 1. The van der Waals surface area contributed by atoms with Gasteiger partial charge in [0.25, 0.3) is 0 Å². The van der Waals surface area contributed by atoms with Crippen molar-refractivity contribution in [2.75, 3.05) is 13.1 Å². The summed E-state index contributed by atoms with van der Waals surface area (Å²) in [6, 6.07) is 8.03. The van der Waals surface area contributed by atoms with Gasteiger partial charge in [0.05, 0.1) is 0 Å². The summed E-state index contributed by atoms with van der Waals surface area (Å²) in [6.45, 7) is 6.11. The van der Waals surface area contributed by atoms with Crippen molar-refractivity contribution in [1.82, 2.24) is 42.2 Å². The second-order valence-electron chi connectivity index (χ2n) is 15.8. The van der Waals surface area contributed by atoms with E-state index in [2.05, 4.69) is 47.2 Å². The number of aromatic amines is 1. The number of carbonyl (C=O) groups is 8. The molecule has 0 fully saturated rings. The van der Waals surface area contributed by atoms with Gasteiger partial charge in [-0.1, -0.05) is 68.3 Å². The molecule has 0 radical (unpaired) electrons. The van der Waals surface area contributed by atoms with Crippen LogP contribution in [0.15, 0.2) is 65.8 Å². The predicted octanol–water partition coefficient (Wildman–Crippen LogP) is -1.52. The average Bonchev–Trinajstić information content (AvgIpc) is 3.67. The van der Waals surface area contributed by atoms with Crippen molar-refractivity contribution < 1.29 is 38.4 Å². The van der Waals surface area contributed by atoms with Crippen LogP contribution in [0.1, 0.15) is 77.3 Å². The van der Waals surface area contributed by atoms with Crippen molar-refractivity contribution in [3.63, 3.8) is 0 Å². The third-order valence-corrected chi connectivity index (χ3v) is 10.4. The van der Waals surface area contributed by atoms with E-state index in [0.29, 0.717) is 18.4 Å². The van der Waals surface area contributed by atoms with Gasteiger partial charge < -0.3 is 65.1 Å². The average molecular weight is 904 g/mol. The summed E-state index contributed by atoms with van der Waals surface area (Å²) in [7, 11) is 0. The summed E-state index contributed by atoms with van der Waals surface area (Å²) in [6.07, 6.45) is 3.71. The Hall–Kier alpha value is -7.03. The minimum atomic E-state index is -1.30. The largest absolute Gasteiger partial charge is 0.370 e. The van der Waals surface area contributed by atoms with E-state index in [9.17, 15) is 38.4 Å². The highest BCUT2D eigenvalue weighted by Crippen LogP contribution is 2.19. The third-order valence-electron chi connectivity index (χ3n) is 10.4. The van der Waals surface area contributed by atoms with Gasteiger partial charge >= 0.3 is 0 Å². The number of nitrogens with zero attached hydrogens (tertiary/aromatic N) is 1. The Morgan fingerprint density at radius 1 is 0.600 bits per heavy atom. The van der Waals surface area contributed by atoms with Gasteiger partial charge in [0.2, 0.25) is 47.3 Å². The molecule has 0 aliphatic carbocycles. The number of fused-ring (bicyclic) bond motifs is 1. The van der Waals surface area contributed by atoms with Gasteiger partial charge in [-0.3, -0.25) is 43.3 Å². The Bertz CT molecular complexity index is 2120. The fourth-order valence-corrected chi connectivity index (χ4v) is 6.83. The zero-order valence-corrected chi connectivity index (χ0v) is 37.4. The van der Waals surface area contributed by atoms with Crippen LogP contribution in [0.5, 0.6) is 0 Å². The highest BCUT2D eigenvalue weighted by Gasteiger charge is 2.32. The van der Waals surface area contributed by atoms with E-state index >= 15 is 0 Å². The number of H-pyrrole nitrogens is 1. The lowest BCUT2D eigenvalue weighted by Gasteiger charge is -2.27. The Morgan fingerprint density at radius 3 is 1.69 bits per heavy atom. The number of amides is 8. The molecule has 8 amide bonds. The maximum absolute atomic E-state index is 14.2. The molecule has 0 spiro atoms. The number of hydrogen-bond acceptors (Lipinski definition) is 10. The molecular formula is C44H65N13O8. The van der Waals surface area contributed by atoms with E-state index in [-0.39, 0.29) is 51.2 Å². The summed E-state index contributed by atoms with van der Waals surface area (Å²) in [5.74, 6) is -5.69. The number of nitrogens with two attached hydrogens (primary N) is 4. The van der Waals surface area contributed by atoms with Gasteiger partial charge in [-0.15, -0.1) is 0 Å². The topological polar surface area (TPSA) is 353 Å². The monoisotopic (exact) mass is 904 g/mol. The number of nitrogens with one attached hydrogen (secondary N) is 8. The number of aliphatic imine (C=N–C) groups is 1. The number of aromatic nitrogens is 1. The number of unbranched alkanes of at least 4 members (excludes halogenated alkanes) is 1. The van der Waals surface area contributed by atoms with E-state index in [4.69, 9.17) is 22.9 Å². The van der Waals surface area contributed by atoms with Crippen LogP contribution < -0.4 is 60.2 Å². The van der Waals surface area contributed by atoms with Gasteiger partial charge in [-0.2, -0.15) is 0 Å². The summed E-state index contributed by atoms with van der Waals surface area (Å²) < 4.78 is 0. The molecule has 0 aliphatic rings. The molecule has 2 aromatic carbocycles. The molecule has 3 rings (SSSR count). The van der Waals surface area contributed by atoms with Crippen molar-refractivity contribution in [2.24, 2.45) is 27.9 Å². The molecule has 21 heteroatoms. The zero-order chi connectivity index (χ0) is 48.1. The van der Waals surface area contributed by atoms with Gasteiger partial charge in [-0.25, -0.2) is 0 Å².